The molecule has 3 nitrogen and oxygen atoms in total. The van der Waals surface area contributed by atoms with E-state index in [0.717, 1.165) is 5.70 Å². The lowest BCUT2D eigenvalue weighted by atomic mass is 10.1. The molecule has 1 aliphatic carbocycles. The molecule has 0 saturated carbocycles. The molecular weight excluding hydrogens is 126 g/mol. The largest absolute Gasteiger partial charge is 0.268 e. The van der Waals surface area contributed by atoms with Crippen LogP contribution in [0.25, 0.3) is 0 Å². The quantitative estimate of drug-likeness (QED) is 0.457. The van der Waals surface area contributed by atoms with Crippen LogP contribution in [-0.4, -0.2) is 18.1 Å². The summed E-state index contributed by atoms with van der Waals surface area (Å²) in [6.07, 6.45) is 5.73. The Hall–Kier alpha value is -1.34. The molecule has 10 heavy (non-hydrogen) atoms. The molecule has 0 aromatic carbocycles. The van der Waals surface area contributed by atoms with E-state index in [-0.39, 0.29) is 6.04 Å². The van der Waals surface area contributed by atoms with E-state index in [4.69, 9.17) is 0 Å². The molecule has 1 heterocycles. The Labute approximate surface area is 59.0 Å². The summed E-state index contributed by atoms with van der Waals surface area (Å²) in [5, 5.41) is 9.64. The second-order valence-corrected chi connectivity index (χ2v) is 2.30. The van der Waals surface area contributed by atoms with Crippen LogP contribution in [0, 0.1) is 0 Å². The zero-order valence-electron chi connectivity index (χ0n) is 5.65. The number of hydrogen-bond acceptors (Lipinski definition) is 3. The summed E-state index contributed by atoms with van der Waals surface area (Å²) in [6, 6.07) is 0.227. The van der Waals surface area contributed by atoms with E-state index in [0.29, 0.717) is 0 Å². The van der Waals surface area contributed by atoms with Crippen LogP contribution in [-0.2, 0) is 0 Å². The van der Waals surface area contributed by atoms with Crippen molar-refractivity contribution in [2.75, 3.05) is 7.05 Å². The van der Waals surface area contributed by atoms with Gasteiger partial charge in [0, 0.05) is 7.05 Å². The summed E-state index contributed by atoms with van der Waals surface area (Å²) < 4.78 is 0. The predicted molar refractivity (Wildman–Crippen MR) is 37.1 cm³/mol. The van der Waals surface area contributed by atoms with Crippen LogP contribution in [0.1, 0.15) is 0 Å². The number of rotatable bonds is 0. The standard InChI is InChI=1S/C7H7N3/c1-10-7-5-3-2-4-6(7)8-9-10/h2,4-5,7H,1H3. The first kappa shape index (κ1) is 5.45. The zero-order valence-corrected chi connectivity index (χ0v) is 5.65. The third-order valence-electron chi connectivity index (χ3n) is 1.61. The maximum atomic E-state index is 3.95. The Morgan fingerprint density at radius 3 is 3.40 bits per heavy atom. The van der Waals surface area contributed by atoms with Gasteiger partial charge in [-0.1, -0.05) is 5.22 Å². The van der Waals surface area contributed by atoms with Gasteiger partial charge in [-0.3, -0.25) is 5.01 Å². The van der Waals surface area contributed by atoms with E-state index in [1.54, 1.807) is 0 Å². The minimum Gasteiger partial charge on any atom is -0.268 e. The lowest BCUT2D eigenvalue weighted by Crippen LogP contribution is -2.21. The maximum absolute atomic E-state index is 3.95. The first-order valence-corrected chi connectivity index (χ1v) is 3.15. The number of hydrogen-bond donors (Lipinski definition) is 0. The molecule has 0 amide bonds. The van der Waals surface area contributed by atoms with Crippen LogP contribution in [0.3, 0.4) is 0 Å². The Balaban J connectivity index is 2.41. The van der Waals surface area contributed by atoms with Gasteiger partial charge in [-0.25, -0.2) is 0 Å². The molecule has 0 aromatic heterocycles. The second kappa shape index (κ2) is 1.82. The van der Waals surface area contributed by atoms with Crippen molar-refractivity contribution in [1.29, 1.82) is 0 Å². The summed E-state index contributed by atoms with van der Waals surface area (Å²) in [5.41, 5.74) is 4.00. The van der Waals surface area contributed by atoms with Crippen molar-refractivity contribution in [3.63, 3.8) is 0 Å². The highest BCUT2D eigenvalue weighted by atomic mass is 15.6. The van der Waals surface area contributed by atoms with Crippen molar-refractivity contribution >= 4 is 0 Å². The van der Waals surface area contributed by atoms with Crippen molar-refractivity contribution in [3.8, 4) is 0 Å². The minimum atomic E-state index is 0.227. The molecule has 0 spiro atoms. The van der Waals surface area contributed by atoms with Crippen molar-refractivity contribution in [1.82, 2.24) is 5.01 Å². The van der Waals surface area contributed by atoms with Crippen LogP contribution in [0.4, 0.5) is 0 Å². The summed E-state index contributed by atoms with van der Waals surface area (Å²) in [5.74, 6) is 0. The van der Waals surface area contributed by atoms with Crippen LogP contribution in [0.2, 0.25) is 0 Å². The molecule has 1 aliphatic heterocycles. The molecular formula is C7H7N3. The fourth-order valence-electron chi connectivity index (χ4n) is 1.03. The molecule has 0 aromatic rings. The lowest BCUT2D eigenvalue weighted by Gasteiger charge is -2.12. The first-order chi connectivity index (χ1) is 4.88. The van der Waals surface area contributed by atoms with Crippen LogP contribution in [0.15, 0.2) is 40.0 Å². The molecule has 2 aliphatic rings. The molecule has 0 bridgehead atoms. The monoisotopic (exact) mass is 133 g/mol. The first-order valence-electron chi connectivity index (χ1n) is 3.15. The van der Waals surface area contributed by atoms with E-state index in [9.17, 15) is 0 Å². The highest BCUT2D eigenvalue weighted by Gasteiger charge is 2.21. The summed E-state index contributed by atoms with van der Waals surface area (Å²) in [6.45, 7) is 0. The van der Waals surface area contributed by atoms with Crippen molar-refractivity contribution < 1.29 is 0 Å². The summed E-state index contributed by atoms with van der Waals surface area (Å²) >= 11 is 0. The van der Waals surface area contributed by atoms with Crippen LogP contribution >= 0.6 is 0 Å². The Bertz CT molecular complexity index is 269. The normalized spacial score (nSPS) is 27.1. The van der Waals surface area contributed by atoms with Crippen molar-refractivity contribution in [2.45, 2.75) is 6.04 Å². The Morgan fingerprint density at radius 1 is 1.70 bits per heavy atom. The molecule has 1 atom stereocenters. The highest BCUT2D eigenvalue weighted by Crippen LogP contribution is 2.21. The van der Waals surface area contributed by atoms with E-state index < -0.39 is 0 Å². The number of likely N-dealkylation sites (N-methyl/N-ethyl adjacent to an activating group) is 1. The van der Waals surface area contributed by atoms with E-state index in [2.05, 4.69) is 16.1 Å². The average molecular weight is 133 g/mol. The second-order valence-electron chi connectivity index (χ2n) is 2.30. The maximum Gasteiger partial charge on any atom is 0.118 e. The SMILES string of the molecule is CN1N=NC2=CC=C=CC21. The molecule has 1 unspecified atom stereocenters. The third kappa shape index (κ3) is 0.613. The lowest BCUT2D eigenvalue weighted by molar-refractivity contribution is 0.347. The van der Waals surface area contributed by atoms with Gasteiger partial charge in [-0.05, 0) is 18.2 Å². The number of nitrogens with zero attached hydrogens (tertiary/aromatic N) is 3. The topological polar surface area (TPSA) is 28.0 Å². The smallest absolute Gasteiger partial charge is 0.118 e. The number of fused-ring (bicyclic) bond motifs is 1. The Kier molecular flexibility index (Phi) is 0.992. The van der Waals surface area contributed by atoms with Gasteiger partial charge < -0.3 is 0 Å². The fraction of sp³-hybridized carbons (Fsp3) is 0.286. The van der Waals surface area contributed by atoms with Gasteiger partial charge in [0.2, 0.25) is 0 Å². The predicted octanol–water partition coefficient (Wildman–Crippen LogP) is 1.28. The van der Waals surface area contributed by atoms with Crippen molar-refractivity contribution in [2.24, 2.45) is 10.3 Å². The molecule has 0 N–H and O–H groups in total. The average Bonchev–Trinajstić information content (AvgIpc) is 2.34. The molecule has 50 valence electrons. The molecule has 0 fully saturated rings. The zero-order chi connectivity index (χ0) is 6.97. The van der Waals surface area contributed by atoms with Gasteiger partial charge >= 0.3 is 0 Å². The molecule has 2 rings (SSSR count). The fourth-order valence-corrected chi connectivity index (χ4v) is 1.03. The van der Waals surface area contributed by atoms with E-state index >= 15 is 0 Å². The van der Waals surface area contributed by atoms with Gasteiger partial charge in [-0.15, -0.1) is 10.8 Å². The molecule has 0 saturated heterocycles. The molecule has 0 radical (unpaired) electrons. The van der Waals surface area contributed by atoms with Gasteiger partial charge in [0.25, 0.3) is 0 Å². The van der Waals surface area contributed by atoms with Gasteiger partial charge in [-0.2, -0.15) is 0 Å². The van der Waals surface area contributed by atoms with Crippen molar-refractivity contribution in [3.05, 3.63) is 29.7 Å². The minimum absolute atomic E-state index is 0.227. The Morgan fingerprint density at radius 2 is 2.60 bits per heavy atom. The number of allylic oxidation sites excluding steroid dienone is 1. The van der Waals surface area contributed by atoms with E-state index in [1.807, 2.05) is 30.3 Å². The van der Waals surface area contributed by atoms with Gasteiger partial charge in [0.1, 0.15) is 6.04 Å². The summed E-state index contributed by atoms with van der Waals surface area (Å²) in [7, 11) is 1.90. The molecule has 3 heteroatoms. The van der Waals surface area contributed by atoms with E-state index in [1.165, 1.54) is 0 Å². The highest BCUT2D eigenvalue weighted by molar-refractivity contribution is 5.27. The van der Waals surface area contributed by atoms with Crippen LogP contribution in [0.5, 0.6) is 0 Å². The van der Waals surface area contributed by atoms with Gasteiger partial charge in [0.15, 0.2) is 0 Å². The third-order valence-corrected chi connectivity index (χ3v) is 1.61. The summed E-state index contributed by atoms with van der Waals surface area (Å²) in [4.78, 5) is 0. The van der Waals surface area contributed by atoms with Gasteiger partial charge in [0.05, 0.1) is 5.70 Å². The van der Waals surface area contributed by atoms with Crippen LogP contribution < -0.4 is 0 Å².